The van der Waals surface area contributed by atoms with Crippen molar-refractivity contribution in [3.05, 3.63) is 35.9 Å². The first kappa shape index (κ1) is 16.5. The van der Waals surface area contributed by atoms with Gasteiger partial charge in [0.1, 0.15) is 0 Å². The Hall–Kier alpha value is -1.56. The fraction of sp³-hybridized carbons (Fsp3) is 0.500. The molecule has 1 amide bonds. The Balaban J connectivity index is 2.34. The van der Waals surface area contributed by atoms with Gasteiger partial charge in [0.2, 0.25) is 5.91 Å². The summed E-state index contributed by atoms with van der Waals surface area (Å²) in [6, 6.07) is 9.57. The number of hydrogen-bond acceptors (Lipinski definition) is 2. The van der Waals surface area contributed by atoms with E-state index in [0.29, 0.717) is 6.42 Å². The van der Waals surface area contributed by atoms with Crippen molar-refractivity contribution in [3.63, 3.8) is 0 Å². The maximum atomic E-state index is 11.9. The monoisotopic (exact) mass is 288 g/mol. The van der Waals surface area contributed by atoms with Crippen LogP contribution in [0.1, 0.15) is 18.9 Å². The summed E-state index contributed by atoms with van der Waals surface area (Å²) in [4.78, 5) is 11.5. The van der Waals surface area contributed by atoms with Crippen LogP contribution >= 0.6 is 0 Å². The molecule has 0 fully saturated rings. The summed E-state index contributed by atoms with van der Waals surface area (Å²) >= 11 is 0. The molecule has 1 atom stereocenters. The third-order valence-electron chi connectivity index (χ3n) is 2.79. The maximum Gasteiger partial charge on any atom is 0.401 e. The molecule has 1 aromatic rings. The number of halogens is 3. The van der Waals surface area contributed by atoms with Crippen LogP contribution in [0.4, 0.5) is 13.2 Å². The lowest BCUT2D eigenvalue weighted by molar-refractivity contribution is -0.128. The third-order valence-corrected chi connectivity index (χ3v) is 2.79. The molecule has 1 rings (SSSR count). The highest BCUT2D eigenvalue weighted by molar-refractivity contribution is 5.78. The lowest BCUT2D eigenvalue weighted by atomic mass is 10.0. The van der Waals surface area contributed by atoms with Gasteiger partial charge in [0.15, 0.2) is 0 Å². The van der Waals surface area contributed by atoms with Crippen molar-refractivity contribution in [3.8, 4) is 0 Å². The second-order valence-corrected chi connectivity index (χ2v) is 4.58. The molecule has 0 saturated heterocycles. The smallest absolute Gasteiger partial charge is 0.352 e. The first-order valence-corrected chi connectivity index (χ1v) is 6.51. The topological polar surface area (TPSA) is 41.1 Å². The van der Waals surface area contributed by atoms with Crippen LogP contribution in [0, 0.1) is 0 Å². The lowest BCUT2D eigenvalue weighted by Crippen LogP contribution is -2.43. The SMILES string of the molecule is CC[C@@H](Cc1ccccc1)NC(=O)CNCC(F)(F)F. The van der Waals surface area contributed by atoms with Crippen LogP contribution < -0.4 is 10.6 Å². The molecule has 0 aliphatic heterocycles. The zero-order chi connectivity index (χ0) is 15.0. The number of hydrogen-bond donors (Lipinski definition) is 2. The molecule has 112 valence electrons. The molecule has 2 N–H and O–H groups in total. The number of nitrogens with one attached hydrogen (secondary N) is 2. The van der Waals surface area contributed by atoms with Gasteiger partial charge in [-0.25, -0.2) is 0 Å². The predicted molar refractivity (Wildman–Crippen MR) is 71.3 cm³/mol. The Labute approximate surface area is 116 Å². The molecule has 0 bridgehead atoms. The second-order valence-electron chi connectivity index (χ2n) is 4.58. The van der Waals surface area contributed by atoms with Crippen LogP contribution in [0.5, 0.6) is 0 Å². The highest BCUT2D eigenvalue weighted by Gasteiger charge is 2.26. The molecule has 0 heterocycles. The zero-order valence-electron chi connectivity index (χ0n) is 11.3. The van der Waals surface area contributed by atoms with Crippen molar-refractivity contribution in [2.24, 2.45) is 0 Å². The number of amides is 1. The zero-order valence-corrected chi connectivity index (χ0v) is 11.3. The number of carbonyl (C=O) groups excluding carboxylic acids is 1. The van der Waals surface area contributed by atoms with E-state index in [1.54, 1.807) is 0 Å². The molecule has 1 aromatic carbocycles. The van der Waals surface area contributed by atoms with Crippen LogP contribution in [-0.4, -0.2) is 31.2 Å². The Kier molecular flexibility index (Phi) is 6.51. The van der Waals surface area contributed by atoms with Gasteiger partial charge in [-0.1, -0.05) is 37.3 Å². The van der Waals surface area contributed by atoms with Crippen molar-refractivity contribution >= 4 is 5.91 Å². The van der Waals surface area contributed by atoms with E-state index in [2.05, 4.69) is 10.6 Å². The minimum absolute atomic E-state index is 0.0717. The van der Waals surface area contributed by atoms with Crippen molar-refractivity contribution in [1.29, 1.82) is 0 Å². The van der Waals surface area contributed by atoms with Crippen LogP contribution in [0.15, 0.2) is 30.3 Å². The molecule has 0 saturated carbocycles. The van der Waals surface area contributed by atoms with Crippen LogP contribution in [0.3, 0.4) is 0 Å². The first-order chi connectivity index (χ1) is 9.40. The van der Waals surface area contributed by atoms with Gasteiger partial charge in [-0.15, -0.1) is 0 Å². The van der Waals surface area contributed by atoms with E-state index >= 15 is 0 Å². The van der Waals surface area contributed by atoms with Gasteiger partial charge in [-0.2, -0.15) is 13.2 Å². The first-order valence-electron chi connectivity index (χ1n) is 6.51. The predicted octanol–water partition coefficient (Wildman–Crippen LogP) is 2.28. The Morgan fingerprint density at radius 2 is 1.90 bits per heavy atom. The summed E-state index contributed by atoms with van der Waals surface area (Å²) in [5, 5.41) is 4.81. The molecule has 0 aliphatic rings. The Morgan fingerprint density at radius 1 is 1.25 bits per heavy atom. The van der Waals surface area contributed by atoms with E-state index in [9.17, 15) is 18.0 Å². The minimum atomic E-state index is -4.30. The molecule has 0 radical (unpaired) electrons. The largest absolute Gasteiger partial charge is 0.401 e. The van der Waals surface area contributed by atoms with E-state index < -0.39 is 18.6 Å². The molecular weight excluding hydrogens is 269 g/mol. The normalized spacial score (nSPS) is 13.0. The lowest BCUT2D eigenvalue weighted by Gasteiger charge is -2.17. The number of alkyl halides is 3. The van der Waals surface area contributed by atoms with Gasteiger partial charge in [0.25, 0.3) is 0 Å². The molecule has 20 heavy (non-hydrogen) atoms. The number of carbonyl (C=O) groups is 1. The average molecular weight is 288 g/mol. The van der Waals surface area contributed by atoms with Crippen LogP contribution in [0.25, 0.3) is 0 Å². The highest BCUT2D eigenvalue weighted by atomic mass is 19.4. The number of rotatable bonds is 7. The maximum absolute atomic E-state index is 11.9. The molecule has 0 unspecified atom stereocenters. The average Bonchev–Trinajstić information content (AvgIpc) is 2.37. The second kappa shape index (κ2) is 7.89. The number of benzene rings is 1. The van der Waals surface area contributed by atoms with Gasteiger partial charge in [0.05, 0.1) is 13.1 Å². The molecule has 3 nitrogen and oxygen atoms in total. The molecular formula is C14H19F3N2O. The fourth-order valence-electron chi connectivity index (χ4n) is 1.79. The standard InChI is InChI=1S/C14H19F3N2O/c1-2-12(8-11-6-4-3-5-7-11)19-13(20)9-18-10-14(15,16)17/h3-7,12,18H,2,8-10H2,1H3,(H,19,20)/t12-/m0/s1. The van der Waals surface area contributed by atoms with Gasteiger partial charge in [-0.3, -0.25) is 4.79 Å². The molecule has 0 spiro atoms. The molecule has 0 aliphatic carbocycles. The Morgan fingerprint density at radius 3 is 2.45 bits per heavy atom. The van der Waals surface area contributed by atoms with E-state index in [4.69, 9.17) is 0 Å². The van der Waals surface area contributed by atoms with Gasteiger partial charge < -0.3 is 10.6 Å². The van der Waals surface area contributed by atoms with E-state index in [1.807, 2.05) is 37.3 Å². The van der Waals surface area contributed by atoms with Crippen molar-refractivity contribution < 1.29 is 18.0 Å². The summed E-state index contributed by atoms with van der Waals surface area (Å²) in [5.41, 5.74) is 1.09. The summed E-state index contributed by atoms with van der Waals surface area (Å²) < 4.78 is 35.8. The van der Waals surface area contributed by atoms with Crippen molar-refractivity contribution in [2.75, 3.05) is 13.1 Å². The van der Waals surface area contributed by atoms with Crippen LogP contribution in [-0.2, 0) is 11.2 Å². The Bertz CT molecular complexity index is 407. The van der Waals surface area contributed by atoms with Crippen molar-refractivity contribution in [1.82, 2.24) is 10.6 Å². The summed E-state index contributed by atoms with van der Waals surface area (Å²) in [6.45, 7) is 0.442. The fourth-order valence-corrected chi connectivity index (χ4v) is 1.79. The highest BCUT2D eigenvalue weighted by Crippen LogP contribution is 2.11. The summed E-state index contributed by atoms with van der Waals surface area (Å²) in [6.07, 6.45) is -2.91. The third kappa shape index (κ3) is 7.13. The van der Waals surface area contributed by atoms with Gasteiger partial charge >= 0.3 is 6.18 Å². The van der Waals surface area contributed by atoms with E-state index in [-0.39, 0.29) is 12.6 Å². The van der Waals surface area contributed by atoms with Crippen molar-refractivity contribution in [2.45, 2.75) is 32.0 Å². The van der Waals surface area contributed by atoms with E-state index in [1.165, 1.54) is 0 Å². The molecule has 0 aromatic heterocycles. The van der Waals surface area contributed by atoms with Crippen LogP contribution in [0.2, 0.25) is 0 Å². The summed E-state index contributed by atoms with van der Waals surface area (Å²) in [5.74, 6) is -0.419. The molecule has 6 heteroatoms. The quantitative estimate of drug-likeness (QED) is 0.808. The minimum Gasteiger partial charge on any atom is -0.352 e. The summed E-state index contributed by atoms with van der Waals surface area (Å²) in [7, 11) is 0. The van der Waals surface area contributed by atoms with E-state index in [0.717, 1.165) is 12.0 Å². The van der Waals surface area contributed by atoms with Gasteiger partial charge in [0, 0.05) is 6.04 Å². The van der Waals surface area contributed by atoms with Gasteiger partial charge in [-0.05, 0) is 18.4 Å².